The summed E-state index contributed by atoms with van der Waals surface area (Å²) >= 11 is 0. The minimum Gasteiger partial charge on any atom is -0.484 e. The Morgan fingerprint density at radius 1 is 1.13 bits per heavy atom. The van der Waals surface area contributed by atoms with Crippen LogP contribution in [0.1, 0.15) is 5.56 Å². The fraction of sp³-hybridized carbons (Fsp3) is 0.118. The molecule has 1 heterocycles. The molecular weight excluding hydrogens is 292 g/mol. The first-order valence-electron chi connectivity index (χ1n) is 7.15. The lowest BCUT2D eigenvalue weighted by Crippen LogP contribution is -2.20. The third-order valence-corrected chi connectivity index (χ3v) is 3.23. The Bertz CT molecular complexity index is 765. The van der Waals surface area contributed by atoms with Crippen LogP contribution in [0.15, 0.2) is 61.2 Å². The average molecular weight is 308 g/mol. The Morgan fingerprint density at radius 2 is 1.87 bits per heavy atom. The minimum absolute atomic E-state index is 0.0338. The van der Waals surface area contributed by atoms with Crippen LogP contribution in [0.25, 0.3) is 5.69 Å². The van der Waals surface area contributed by atoms with Gasteiger partial charge in [0.15, 0.2) is 6.61 Å². The number of ether oxygens (including phenoxy) is 1. The molecule has 2 aromatic carbocycles. The van der Waals surface area contributed by atoms with Gasteiger partial charge in [0.2, 0.25) is 0 Å². The maximum Gasteiger partial charge on any atom is 0.262 e. The lowest BCUT2D eigenvalue weighted by molar-refractivity contribution is -0.118. The van der Waals surface area contributed by atoms with E-state index in [1.54, 1.807) is 23.1 Å². The van der Waals surface area contributed by atoms with Crippen LogP contribution >= 0.6 is 0 Å². The molecule has 23 heavy (non-hydrogen) atoms. The normalized spacial score (nSPS) is 10.3. The zero-order chi connectivity index (χ0) is 16.1. The average Bonchev–Trinajstić information content (AvgIpc) is 3.09. The number of anilines is 1. The molecule has 0 aliphatic carbocycles. The Kier molecular flexibility index (Phi) is 4.33. The molecule has 1 amide bonds. The van der Waals surface area contributed by atoms with Gasteiger partial charge in [-0.25, -0.2) is 9.67 Å². The summed E-state index contributed by atoms with van der Waals surface area (Å²) in [5, 5.41) is 6.83. The maximum atomic E-state index is 11.9. The standard InChI is InChI=1S/C17H16N4O2/c1-13-2-8-16(9-3-13)23-10-17(22)20-14-4-6-15(7-5-14)21-12-18-11-19-21/h2-9,11-12H,10H2,1H3,(H,20,22). The summed E-state index contributed by atoms with van der Waals surface area (Å²) in [7, 11) is 0. The van der Waals surface area contributed by atoms with Crippen molar-refractivity contribution in [3.8, 4) is 11.4 Å². The molecule has 0 aliphatic heterocycles. The number of aryl methyl sites for hydroxylation is 1. The van der Waals surface area contributed by atoms with Crippen molar-refractivity contribution in [1.82, 2.24) is 14.8 Å². The molecule has 0 saturated heterocycles. The molecule has 3 aromatic rings. The van der Waals surface area contributed by atoms with Crippen LogP contribution in [-0.2, 0) is 4.79 Å². The molecule has 0 unspecified atom stereocenters. The first-order valence-corrected chi connectivity index (χ1v) is 7.15. The molecule has 1 aromatic heterocycles. The van der Waals surface area contributed by atoms with E-state index in [1.807, 2.05) is 43.3 Å². The number of hydrogen-bond acceptors (Lipinski definition) is 4. The van der Waals surface area contributed by atoms with Gasteiger partial charge in [-0.3, -0.25) is 4.79 Å². The third kappa shape index (κ3) is 3.94. The molecular formula is C17H16N4O2. The molecule has 0 aliphatic rings. The Labute approximate surface area is 133 Å². The summed E-state index contributed by atoms with van der Waals surface area (Å²) in [5.74, 6) is 0.464. The van der Waals surface area contributed by atoms with Crippen LogP contribution in [0.3, 0.4) is 0 Å². The second kappa shape index (κ2) is 6.74. The van der Waals surface area contributed by atoms with Crippen LogP contribution in [0.2, 0.25) is 0 Å². The summed E-state index contributed by atoms with van der Waals surface area (Å²) in [6.07, 6.45) is 3.08. The number of hydrogen-bond donors (Lipinski definition) is 1. The van der Waals surface area contributed by atoms with Gasteiger partial charge in [-0.2, -0.15) is 5.10 Å². The van der Waals surface area contributed by atoms with E-state index in [0.717, 1.165) is 11.3 Å². The van der Waals surface area contributed by atoms with Crippen LogP contribution < -0.4 is 10.1 Å². The van der Waals surface area contributed by atoms with E-state index in [4.69, 9.17) is 4.74 Å². The molecule has 0 atom stereocenters. The number of carbonyl (C=O) groups excluding carboxylic acids is 1. The summed E-state index contributed by atoms with van der Waals surface area (Å²) in [4.78, 5) is 15.8. The maximum absolute atomic E-state index is 11.9. The smallest absolute Gasteiger partial charge is 0.262 e. The zero-order valence-corrected chi connectivity index (χ0v) is 12.6. The molecule has 6 heteroatoms. The molecule has 0 fully saturated rings. The lowest BCUT2D eigenvalue weighted by Gasteiger charge is -2.08. The van der Waals surface area contributed by atoms with E-state index in [-0.39, 0.29) is 12.5 Å². The zero-order valence-electron chi connectivity index (χ0n) is 12.6. The molecule has 0 radical (unpaired) electrons. The van der Waals surface area contributed by atoms with Gasteiger partial charge >= 0.3 is 0 Å². The van der Waals surface area contributed by atoms with Gasteiger partial charge in [-0.1, -0.05) is 17.7 Å². The first kappa shape index (κ1) is 14.8. The highest BCUT2D eigenvalue weighted by atomic mass is 16.5. The fourth-order valence-corrected chi connectivity index (χ4v) is 2.02. The number of amides is 1. The molecule has 0 spiro atoms. The largest absolute Gasteiger partial charge is 0.484 e. The highest BCUT2D eigenvalue weighted by molar-refractivity contribution is 5.91. The quantitative estimate of drug-likeness (QED) is 0.786. The lowest BCUT2D eigenvalue weighted by atomic mass is 10.2. The van der Waals surface area contributed by atoms with Gasteiger partial charge in [0, 0.05) is 5.69 Å². The molecule has 0 bridgehead atoms. The van der Waals surface area contributed by atoms with Gasteiger partial charge in [-0.15, -0.1) is 0 Å². The number of nitrogens with one attached hydrogen (secondary N) is 1. The van der Waals surface area contributed by atoms with Crippen LogP contribution in [0.4, 0.5) is 5.69 Å². The Balaban J connectivity index is 1.54. The summed E-state index contributed by atoms with van der Waals surface area (Å²) in [6.45, 7) is 1.97. The molecule has 0 saturated carbocycles. The predicted molar refractivity (Wildman–Crippen MR) is 86.7 cm³/mol. The number of nitrogens with zero attached hydrogens (tertiary/aromatic N) is 3. The van der Waals surface area contributed by atoms with Crippen LogP contribution in [0, 0.1) is 6.92 Å². The van der Waals surface area contributed by atoms with Gasteiger partial charge in [0.05, 0.1) is 5.69 Å². The summed E-state index contributed by atoms with van der Waals surface area (Å²) in [5.41, 5.74) is 2.72. The number of carbonyl (C=O) groups is 1. The van der Waals surface area contributed by atoms with Crippen molar-refractivity contribution in [2.24, 2.45) is 0 Å². The van der Waals surface area contributed by atoms with Crippen LogP contribution in [-0.4, -0.2) is 27.3 Å². The fourth-order valence-electron chi connectivity index (χ4n) is 2.02. The van der Waals surface area contributed by atoms with Crippen LogP contribution in [0.5, 0.6) is 5.75 Å². The Morgan fingerprint density at radius 3 is 2.52 bits per heavy atom. The number of rotatable bonds is 5. The van der Waals surface area contributed by atoms with Crippen molar-refractivity contribution in [1.29, 1.82) is 0 Å². The molecule has 3 rings (SSSR count). The van der Waals surface area contributed by atoms with E-state index in [0.29, 0.717) is 11.4 Å². The van der Waals surface area contributed by atoms with E-state index in [2.05, 4.69) is 15.4 Å². The van der Waals surface area contributed by atoms with E-state index >= 15 is 0 Å². The third-order valence-electron chi connectivity index (χ3n) is 3.23. The highest BCUT2D eigenvalue weighted by Crippen LogP contribution is 2.13. The van der Waals surface area contributed by atoms with Crippen molar-refractivity contribution >= 4 is 11.6 Å². The van der Waals surface area contributed by atoms with Gasteiger partial charge < -0.3 is 10.1 Å². The predicted octanol–water partition coefficient (Wildman–Crippen LogP) is 2.59. The number of benzene rings is 2. The van der Waals surface area contributed by atoms with E-state index in [1.165, 1.54) is 6.33 Å². The van der Waals surface area contributed by atoms with Gasteiger partial charge in [0.1, 0.15) is 18.4 Å². The second-order valence-corrected chi connectivity index (χ2v) is 5.04. The summed E-state index contributed by atoms with van der Waals surface area (Å²) in [6, 6.07) is 14.9. The minimum atomic E-state index is -0.209. The van der Waals surface area contributed by atoms with Crippen molar-refractivity contribution in [3.63, 3.8) is 0 Å². The van der Waals surface area contributed by atoms with E-state index < -0.39 is 0 Å². The van der Waals surface area contributed by atoms with Gasteiger partial charge in [-0.05, 0) is 43.3 Å². The molecule has 1 N–H and O–H groups in total. The van der Waals surface area contributed by atoms with Gasteiger partial charge in [0.25, 0.3) is 5.91 Å². The summed E-state index contributed by atoms with van der Waals surface area (Å²) < 4.78 is 7.09. The van der Waals surface area contributed by atoms with Crippen molar-refractivity contribution < 1.29 is 9.53 Å². The highest BCUT2D eigenvalue weighted by Gasteiger charge is 2.04. The second-order valence-electron chi connectivity index (χ2n) is 5.04. The van der Waals surface area contributed by atoms with Crippen molar-refractivity contribution in [2.45, 2.75) is 6.92 Å². The first-order chi connectivity index (χ1) is 11.2. The number of aromatic nitrogens is 3. The molecule has 6 nitrogen and oxygen atoms in total. The topological polar surface area (TPSA) is 69.0 Å². The van der Waals surface area contributed by atoms with Crippen molar-refractivity contribution in [3.05, 3.63) is 66.7 Å². The monoisotopic (exact) mass is 308 g/mol. The Hall–Kier alpha value is -3.15. The SMILES string of the molecule is Cc1ccc(OCC(=O)Nc2ccc(-n3cncn3)cc2)cc1. The van der Waals surface area contributed by atoms with E-state index in [9.17, 15) is 4.79 Å². The molecule has 116 valence electrons. The van der Waals surface area contributed by atoms with Crippen molar-refractivity contribution in [2.75, 3.05) is 11.9 Å².